The highest BCUT2D eigenvalue weighted by Gasteiger charge is 2.29. The van der Waals surface area contributed by atoms with Gasteiger partial charge < -0.3 is 9.84 Å². The van der Waals surface area contributed by atoms with Gasteiger partial charge in [-0.25, -0.2) is 0 Å². The topological polar surface area (TPSA) is 46.5 Å². The van der Waals surface area contributed by atoms with Gasteiger partial charge >= 0.3 is 5.97 Å². The third-order valence-electron chi connectivity index (χ3n) is 2.26. The smallest absolute Gasteiger partial charge is 0.303 e. The molecule has 1 rings (SSSR count). The molecule has 1 aliphatic heterocycles. The van der Waals surface area contributed by atoms with Crippen molar-refractivity contribution in [1.29, 1.82) is 0 Å². The Morgan fingerprint density at radius 3 is 2.83 bits per heavy atom. The van der Waals surface area contributed by atoms with Gasteiger partial charge in [-0.05, 0) is 32.6 Å². The highest BCUT2D eigenvalue weighted by molar-refractivity contribution is 5.67. The average Bonchev–Trinajstić information content (AvgIpc) is 1.82. The fraction of sp³-hybridized carbons (Fsp3) is 0.889. The summed E-state index contributed by atoms with van der Waals surface area (Å²) in [5.41, 5.74) is -0.127. The number of carbonyl (C=O) groups is 1. The van der Waals surface area contributed by atoms with Crippen molar-refractivity contribution >= 4 is 5.97 Å². The molecule has 0 radical (unpaired) electrons. The van der Waals surface area contributed by atoms with Crippen molar-refractivity contribution in [1.82, 2.24) is 0 Å². The Kier molecular flexibility index (Phi) is 2.73. The van der Waals surface area contributed by atoms with E-state index in [4.69, 9.17) is 9.84 Å². The van der Waals surface area contributed by atoms with E-state index in [-0.39, 0.29) is 12.0 Å². The molecule has 1 N–H and O–H groups in total. The minimum Gasteiger partial charge on any atom is -0.481 e. The Morgan fingerprint density at radius 2 is 2.33 bits per heavy atom. The molecular formula is C9H16O3. The van der Waals surface area contributed by atoms with Crippen LogP contribution >= 0.6 is 0 Å². The zero-order valence-corrected chi connectivity index (χ0v) is 7.67. The van der Waals surface area contributed by atoms with E-state index in [0.29, 0.717) is 12.5 Å². The van der Waals surface area contributed by atoms with E-state index in [2.05, 4.69) is 0 Å². The molecule has 1 atom stereocenters. The second kappa shape index (κ2) is 3.44. The van der Waals surface area contributed by atoms with Gasteiger partial charge in [0.15, 0.2) is 0 Å². The molecule has 1 aliphatic rings. The first-order valence-electron chi connectivity index (χ1n) is 4.35. The SMILES string of the molecule is CC1(C)C[C@H](CC(=O)O)CCO1. The molecular weight excluding hydrogens is 156 g/mol. The molecule has 1 heterocycles. The maximum atomic E-state index is 10.4. The summed E-state index contributed by atoms with van der Waals surface area (Å²) in [5.74, 6) is -0.399. The lowest BCUT2D eigenvalue weighted by Crippen LogP contribution is -2.34. The van der Waals surface area contributed by atoms with E-state index in [9.17, 15) is 4.79 Å². The lowest BCUT2D eigenvalue weighted by molar-refractivity contribution is -0.140. The Hall–Kier alpha value is -0.570. The summed E-state index contributed by atoms with van der Waals surface area (Å²) >= 11 is 0. The molecule has 0 aromatic heterocycles. The van der Waals surface area contributed by atoms with E-state index in [0.717, 1.165) is 12.8 Å². The van der Waals surface area contributed by atoms with E-state index < -0.39 is 5.97 Å². The van der Waals surface area contributed by atoms with Crippen LogP contribution in [0.2, 0.25) is 0 Å². The predicted octanol–water partition coefficient (Wildman–Crippen LogP) is 1.67. The quantitative estimate of drug-likeness (QED) is 0.689. The second-order valence-corrected chi connectivity index (χ2v) is 4.06. The molecule has 3 nitrogen and oxygen atoms in total. The minimum atomic E-state index is -0.697. The summed E-state index contributed by atoms with van der Waals surface area (Å²) < 4.78 is 5.48. The van der Waals surface area contributed by atoms with Crippen LogP contribution in [0.1, 0.15) is 33.1 Å². The Balaban J connectivity index is 2.41. The molecule has 0 unspecified atom stereocenters. The van der Waals surface area contributed by atoms with Gasteiger partial charge in [0.1, 0.15) is 0 Å². The van der Waals surface area contributed by atoms with Gasteiger partial charge in [0.2, 0.25) is 0 Å². The average molecular weight is 172 g/mol. The Morgan fingerprint density at radius 1 is 1.67 bits per heavy atom. The number of ether oxygens (including phenoxy) is 1. The summed E-state index contributed by atoms with van der Waals surface area (Å²) in [6.07, 6.45) is 2.03. The molecule has 12 heavy (non-hydrogen) atoms. The van der Waals surface area contributed by atoms with Crippen LogP contribution in [0.25, 0.3) is 0 Å². The number of aliphatic carboxylic acids is 1. The fourth-order valence-electron chi connectivity index (χ4n) is 1.78. The van der Waals surface area contributed by atoms with E-state index in [1.165, 1.54) is 0 Å². The van der Waals surface area contributed by atoms with Crippen LogP contribution < -0.4 is 0 Å². The van der Waals surface area contributed by atoms with Crippen LogP contribution in [0.3, 0.4) is 0 Å². The monoisotopic (exact) mass is 172 g/mol. The van der Waals surface area contributed by atoms with Gasteiger partial charge in [-0.2, -0.15) is 0 Å². The van der Waals surface area contributed by atoms with Crippen LogP contribution in [0.4, 0.5) is 0 Å². The molecule has 0 amide bonds. The van der Waals surface area contributed by atoms with Crippen LogP contribution in [-0.4, -0.2) is 23.3 Å². The van der Waals surface area contributed by atoms with Gasteiger partial charge in [0.05, 0.1) is 5.60 Å². The van der Waals surface area contributed by atoms with Gasteiger partial charge in [-0.3, -0.25) is 4.79 Å². The van der Waals surface area contributed by atoms with Gasteiger partial charge in [-0.15, -0.1) is 0 Å². The van der Waals surface area contributed by atoms with Crippen LogP contribution in [0.5, 0.6) is 0 Å². The molecule has 1 fully saturated rings. The first-order chi connectivity index (χ1) is 5.49. The highest BCUT2D eigenvalue weighted by Crippen LogP contribution is 2.30. The van der Waals surface area contributed by atoms with Crippen LogP contribution in [0.15, 0.2) is 0 Å². The summed E-state index contributed by atoms with van der Waals surface area (Å²) in [6, 6.07) is 0. The molecule has 0 bridgehead atoms. The number of rotatable bonds is 2. The van der Waals surface area contributed by atoms with Crippen molar-refractivity contribution in [3.63, 3.8) is 0 Å². The molecule has 0 aromatic rings. The number of hydrogen-bond donors (Lipinski definition) is 1. The zero-order chi connectivity index (χ0) is 9.19. The summed E-state index contributed by atoms with van der Waals surface area (Å²) in [7, 11) is 0. The van der Waals surface area contributed by atoms with Gasteiger partial charge in [-0.1, -0.05) is 0 Å². The van der Waals surface area contributed by atoms with Crippen molar-refractivity contribution < 1.29 is 14.6 Å². The summed E-state index contributed by atoms with van der Waals surface area (Å²) in [5, 5.41) is 8.60. The third-order valence-corrected chi connectivity index (χ3v) is 2.26. The van der Waals surface area contributed by atoms with E-state index in [1.807, 2.05) is 13.8 Å². The molecule has 70 valence electrons. The standard InChI is InChI=1S/C9H16O3/c1-9(2)6-7(3-4-12-9)5-8(10)11/h7H,3-6H2,1-2H3,(H,10,11)/t7-/m0/s1. The van der Waals surface area contributed by atoms with Crippen molar-refractivity contribution in [2.45, 2.75) is 38.7 Å². The fourth-order valence-corrected chi connectivity index (χ4v) is 1.78. The Labute approximate surface area is 72.7 Å². The predicted molar refractivity (Wildman–Crippen MR) is 45.0 cm³/mol. The van der Waals surface area contributed by atoms with Crippen molar-refractivity contribution in [2.24, 2.45) is 5.92 Å². The van der Waals surface area contributed by atoms with E-state index in [1.54, 1.807) is 0 Å². The lowest BCUT2D eigenvalue weighted by atomic mass is 9.86. The summed E-state index contributed by atoms with van der Waals surface area (Å²) in [6.45, 7) is 4.73. The van der Waals surface area contributed by atoms with E-state index >= 15 is 0 Å². The number of carboxylic acids is 1. The first kappa shape index (κ1) is 9.52. The Bertz CT molecular complexity index is 175. The maximum absolute atomic E-state index is 10.4. The normalized spacial score (nSPS) is 28.3. The van der Waals surface area contributed by atoms with Crippen molar-refractivity contribution in [3.05, 3.63) is 0 Å². The highest BCUT2D eigenvalue weighted by atomic mass is 16.5. The maximum Gasteiger partial charge on any atom is 0.303 e. The second-order valence-electron chi connectivity index (χ2n) is 4.06. The van der Waals surface area contributed by atoms with Crippen molar-refractivity contribution in [3.8, 4) is 0 Å². The van der Waals surface area contributed by atoms with Crippen LogP contribution in [-0.2, 0) is 9.53 Å². The molecule has 0 aliphatic carbocycles. The number of carboxylic acid groups (broad SMARTS) is 1. The lowest BCUT2D eigenvalue weighted by Gasteiger charge is -2.34. The molecule has 0 saturated carbocycles. The molecule has 3 heteroatoms. The van der Waals surface area contributed by atoms with Crippen molar-refractivity contribution in [2.75, 3.05) is 6.61 Å². The molecule has 0 spiro atoms. The zero-order valence-electron chi connectivity index (χ0n) is 7.67. The van der Waals surface area contributed by atoms with Gasteiger partial charge in [0.25, 0.3) is 0 Å². The number of hydrogen-bond acceptors (Lipinski definition) is 2. The largest absolute Gasteiger partial charge is 0.481 e. The first-order valence-corrected chi connectivity index (χ1v) is 4.35. The van der Waals surface area contributed by atoms with Gasteiger partial charge in [0, 0.05) is 13.0 Å². The van der Waals surface area contributed by atoms with Crippen LogP contribution in [0, 0.1) is 5.92 Å². The third kappa shape index (κ3) is 2.81. The minimum absolute atomic E-state index is 0.127. The molecule has 1 saturated heterocycles. The summed E-state index contributed by atoms with van der Waals surface area (Å²) in [4.78, 5) is 10.4. The molecule has 0 aromatic carbocycles.